The molecule has 0 aromatic heterocycles. The predicted octanol–water partition coefficient (Wildman–Crippen LogP) is 2.19. The van der Waals surface area contributed by atoms with E-state index in [1.54, 1.807) is 6.07 Å². The molecule has 0 radical (unpaired) electrons. The van der Waals surface area contributed by atoms with E-state index < -0.39 is 5.41 Å². The molecule has 1 aliphatic heterocycles. The summed E-state index contributed by atoms with van der Waals surface area (Å²) in [6.45, 7) is 4.49. The first-order valence-electron chi connectivity index (χ1n) is 5.70. The number of aliphatic hydroxyl groups is 1. The Morgan fingerprint density at radius 1 is 1.39 bits per heavy atom. The van der Waals surface area contributed by atoms with Gasteiger partial charge in [-0.05, 0) is 6.07 Å². The third-order valence-electron chi connectivity index (χ3n) is 3.04. The maximum Gasteiger partial charge on any atom is 0.173 e. The van der Waals surface area contributed by atoms with Crippen LogP contribution in [-0.2, 0) is 5.41 Å². The molecule has 5 heteroatoms. The van der Waals surface area contributed by atoms with Gasteiger partial charge in [0.1, 0.15) is 13.2 Å². The van der Waals surface area contributed by atoms with Crippen LogP contribution >= 0.6 is 11.6 Å². The Kier molecular flexibility index (Phi) is 3.50. The van der Waals surface area contributed by atoms with Crippen LogP contribution < -0.4 is 9.47 Å². The minimum Gasteiger partial charge on any atom is -0.486 e. The number of ether oxygens (including phenoxy) is 2. The fraction of sp³-hybridized carbons (Fsp3) is 0.462. The van der Waals surface area contributed by atoms with E-state index >= 15 is 0 Å². The van der Waals surface area contributed by atoms with Crippen LogP contribution in [0.3, 0.4) is 0 Å². The van der Waals surface area contributed by atoms with Crippen molar-refractivity contribution in [2.75, 3.05) is 19.8 Å². The minimum absolute atomic E-state index is 0.0560. The van der Waals surface area contributed by atoms with Gasteiger partial charge in [-0.3, -0.25) is 4.79 Å². The number of benzene rings is 1. The fourth-order valence-electron chi connectivity index (χ4n) is 1.89. The predicted molar refractivity (Wildman–Crippen MR) is 67.9 cm³/mol. The Morgan fingerprint density at radius 2 is 2.00 bits per heavy atom. The van der Waals surface area contributed by atoms with Gasteiger partial charge >= 0.3 is 0 Å². The number of halogens is 1. The molecular formula is C13H15ClO4. The lowest BCUT2D eigenvalue weighted by Crippen LogP contribution is -2.26. The lowest BCUT2D eigenvalue weighted by atomic mass is 9.84. The van der Waals surface area contributed by atoms with E-state index in [1.807, 2.05) is 13.8 Å². The van der Waals surface area contributed by atoms with Gasteiger partial charge in [0.15, 0.2) is 17.8 Å². The quantitative estimate of drug-likeness (QED) is 0.856. The highest BCUT2D eigenvalue weighted by Gasteiger charge is 2.31. The van der Waals surface area contributed by atoms with Crippen molar-refractivity contribution < 1.29 is 19.4 Å². The van der Waals surface area contributed by atoms with Gasteiger partial charge in [0.05, 0.1) is 17.2 Å². The second-order valence-corrected chi connectivity index (χ2v) is 5.24. The molecule has 18 heavy (non-hydrogen) atoms. The van der Waals surface area contributed by atoms with Crippen molar-refractivity contribution >= 4 is 17.9 Å². The second kappa shape index (κ2) is 4.78. The van der Waals surface area contributed by atoms with Crippen molar-refractivity contribution in [3.8, 4) is 11.5 Å². The molecule has 1 aliphatic rings. The number of hydrogen-bond acceptors (Lipinski definition) is 4. The fourth-order valence-corrected chi connectivity index (χ4v) is 2.13. The average Bonchev–Trinajstić information content (AvgIpc) is 2.38. The second-order valence-electron chi connectivity index (χ2n) is 4.83. The molecule has 1 aromatic rings. The van der Waals surface area contributed by atoms with Crippen LogP contribution in [0.25, 0.3) is 0 Å². The van der Waals surface area contributed by atoms with Crippen molar-refractivity contribution in [2.24, 2.45) is 0 Å². The van der Waals surface area contributed by atoms with E-state index in [2.05, 4.69) is 0 Å². The van der Waals surface area contributed by atoms with E-state index in [0.717, 1.165) is 5.56 Å². The largest absolute Gasteiger partial charge is 0.486 e. The highest BCUT2D eigenvalue weighted by atomic mass is 35.5. The van der Waals surface area contributed by atoms with Crippen LogP contribution in [0.4, 0.5) is 0 Å². The number of aliphatic hydroxyl groups excluding tert-OH is 1. The monoisotopic (exact) mass is 270 g/mol. The van der Waals surface area contributed by atoms with Crippen molar-refractivity contribution in [2.45, 2.75) is 19.3 Å². The van der Waals surface area contributed by atoms with E-state index in [1.165, 1.54) is 0 Å². The van der Waals surface area contributed by atoms with E-state index in [4.69, 9.17) is 21.1 Å². The molecule has 0 unspecified atom stereocenters. The number of aldehydes is 1. The molecule has 0 saturated carbocycles. The van der Waals surface area contributed by atoms with Gasteiger partial charge in [-0.25, -0.2) is 0 Å². The third-order valence-corrected chi connectivity index (χ3v) is 3.35. The van der Waals surface area contributed by atoms with Crippen LogP contribution in [0.2, 0.25) is 5.02 Å². The number of hydrogen-bond donors (Lipinski definition) is 1. The van der Waals surface area contributed by atoms with Crippen molar-refractivity contribution in [1.29, 1.82) is 0 Å². The van der Waals surface area contributed by atoms with Gasteiger partial charge in [0, 0.05) is 11.0 Å². The molecule has 0 amide bonds. The highest BCUT2D eigenvalue weighted by molar-refractivity contribution is 6.33. The lowest BCUT2D eigenvalue weighted by Gasteiger charge is -2.30. The summed E-state index contributed by atoms with van der Waals surface area (Å²) in [5.41, 5.74) is 0.523. The Balaban J connectivity index is 2.69. The SMILES string of the molecule is CC(C)(CO)c1cc(Cl)c(C=O)c2c1OCCO2. The summed E-state index contributed by atoms with van der Waals surface area (Å²) in [5.74, 6) is 0.882. The van der Waals surface area contributed by atoms with Crippen molar-refractivity contribution in [1.82, 2.24) is 0 Å². The number of fused-ring (bicyclic) bond motifs is 1. The summed E-state index contributed by atoms with van der Waals surface area (Å²) in [7, 11) is 0. The molecule has 0 fully saturated rings. The smallest absolute Gasteiger partial charge is 0.173 e. The first-order valence-corrected chi connectivity index (χ1v) is 6.07. The molecular weight excluding hydrogens is 256 g/mol. The summed E-state index contributed by atoms with van der Waals surface area (Å²) in [4.78, 5) is 11.1. The highest BCUT2D eigenvalue weighted by Crippen LogP contribution is 2.44. The van der Waals surface area contributed by atoms with Crippen LogP contribution in [0, 0.1) is 0 Å². The average molecular weight is 271 g/mol. The Hall–Kier alpha value is -1.26. The van der Waals surface area contributed by atoms with Gasteiger partial charge in [-0.1, -0.05) is 25.4 Å². The molecule has 4 nitrogen and oxygen atoms in total. The van der Waals surface area contributed by atoms with Crippen LogP contribution in [0.15, 0.2) is 6.07 Å². The zero-order valence-electron chi connectivity index (χ0n) is 10.3. The zero-order chi connectivity index (χ0) is 13.3. The van der Waals surface area contributed by atoms with Gasteiger partial charge in [-0.15, -0.1) is 0 Å². The molecule has 0 aliphatic carbocycles. The van der Waals surface area contributed by atoms with Gasteiger partial charge < -0.3 is 14.6 Å². The normalized spacial score (nSPS) is 14.4. The maximum absolute atomic E-state index is 11.1. The molecule has 1 N–H and O–H groups in total. The summed E-state index contributed by atoms with van der Waals surface area (Å²) >= 11 is 6.08. The van der Waals surface area contributed by atoms with E-state index in [0.29, 0.717) is 41.6 Å². The van der Waals surface area contributed by atoms with Crippen LogP contribution in [0.5, 0.6) is 11.5 Å². The number of rotatable bonds is 3. The maximum atomic E-state index is 11.1. The minimum atomic E-state index is -0.518. The van der Waals surface area contributed by atoms with Crippen molar-refractivity contribution in [3.63, 3.8) is 0 Å². The lowest BCUT2D eigenvalue weighted by molar-refractivity contribution is 0.111. The molecule has 0 spiro atoms. The Bertz CT molecular complexity index is 482. The molecule has 98 valence electrons. The van der Waals surface area contributed by atoms with E-state index in [9.17, 15) is 9.90 Å². The Labute approximate surface area is 110 Å². The molecule has 0 bridgehead atoms. The summed E-state index contributed by atoms with van der Waals surface area (Å²) in [6, 6.07) is 1.66. The van der Waals surface area contributed by atoms with Crippen LogP contribution in [0.1, 0.15) is 29.8 Å². The molecule has 1 aromatic carbocycles. The summed E-state index contributed by atoms with van der Waals surface area (Å²) in [6.07, 6.45) is 0.658. The topological polar surface area (TPSA) is 55.8 Å². The molecule has 2 rings (SSSR count). The molecule has 0 atom stereocenters. The number of carbonyl (C=O) groups is 1. The summed E-state index contributed by atoms with van der Waals surface area (Å²) in [5, 5.41) is 9.77. The number of carbonyl (C=O) groups excluding carboxylic acids is 1. The van der Waals surface area contributed by atoms with E-state index in [-0.39, 0.29) is 6.61 Å². The van der Waals surface area contributed by atoms with Gasteiger partial charge in [0.2, 0.25) is 0 Å². The van der Waals surface area contributed by atoms with Crippen LogP contribution in [-0.4, -0.2) is 31.2 Å². The Morgan fingerprint density at radius 3 is 2.56 bits per heavy atom. The summed E-state index contributed by atoms with van der Waals surface area (Å²) < 4.78 is 11.1. The molecule has 0 saturated heterocycles. The third kappa shape index (κ3) is 2.06. The van der Waals surface area contributed by atoms with Crippen molar-refractivity contribution in [3.05, 3.63) is 22.2 Å². The first kappa shape index (κ1) is 13.2. The standard InChI is InChI=1S/C13H15ClO4/c1-13(2,7-16)9-5-10(14)8(6-15)11-12(9)18-4-3-17-11/h5-6,16H,3-4,7H2,1-2H3. The zero-order valence-corrected chi connectivity index (χ0v) is 11.1. The van der Waals surface area contributed by atoms with Gasteiger partial charge in [0.25, 0.3) is 0 Å². The molecule has 1 heterocycles. The van der Waals surface area contributed by atoms with Gasteiger partial charge in [-0.2, -0.15) is 0 Å². The first-order chi connectivity index (χ1) is 8.51.